The zero-order valence-corrected chi connectivity index (χ0v) is 11.7. The zero-order chi connectivity index (χ0) is 14.1. The van der Waals surface area contributed by atoms with E-state index in [9.17, 15) is 5.11 Å². The third-order valence-electron chi connectivity index (χ3n) is 3.42. The van der Waals surface area contributed by atoms with Crippen molar-refractivity contribution in [1.82, 2.24) is 9.97 Å². The molecule has 1 aromatic carbocycles. The number of hydrogen-bond donors (Lipinski definition) is 1. The normalized spacial score (nSPS) is 12.6. The lowest BCUT2D eigenvalue weighted by Crippen LogP contribution is -2.04. The number of halogens is 1. The second kappa shape index (κ2) is 5.19. The molecule has 20 heavy (non-hydrogen) atoms. The van der Waals surface area contributed by atoms with Crippen LogP contribution in [0.15, 0.2) is 48.9 Å². The number of fused-ring (bicyclic) bond motifs is 1. The average molecular weight is 285 g/mol. The van der Waals surface area contributed by atoms with Crippen LogP contribution in [0.3, 0.4) is 0 Å². The molecule has 0 aliphatic heterocycles. The number of pyridine rings is 2. The maximum Gasteiger partial charge on any atom is 0.108 e. The molecule has 1 N–H and O–H groups in total. The van der Waals surface area contributed by atoms with Gasteiger partial charge in [0.1, 0.15) is 6.10 Å². The number of aromatic nitrogens is 2. The minimum absolute atomic E-state index is 0.631. The second-order valence-electron chi connectivity index (χ2n) is 4.67. The fraction of sp³-hybridized carbons (Fsp3) is 0.125. The topological polar surface area (TPSA) is 46.0 Å². The van der Waals surface area contributed by atoms with Gasteiger partial charge in [0.15, 0.2) is 0 Å². The Hall–Kier alpha value is -1.97. The molecule has 0 bridgehead atoms. The molecule has 0 aliphatic rings. The van der Waals surface area contributed by atoms with Gasteiger partial charge in [-0.05, 0) is 36.8 Å². The van der Waals surface area contributed by atoms with Gasteiger partial charge in [-0.1, -0.05) is 17.7 Å². The smallest absolute Gasteiger partial charge is 0.108 e. The Morgan fingerprint density at radius 3 is 2.75 bits per heavy atom. The predicted molar refractivity (Wildman–Crippen MR) is 79.8 cm³/mol. The highest BCUT2D eigenvalue weighted by molar-refractivity contribution is 6.35. The fourth-order valence-corrected chi connectivity index (χ4v) is 2.53. The van der Waals surface area contributed by atoms with Gasteiger partial charge >= 0.3 is 0 Å². The summed E-state index contributed by atoms with van der Waals surface area (Å²) in [5, 5.41) is 12.1. The molecule has 100 valence electrons. The van der Waals surface area contributed by atoms with Crippen molar-refractivity contribution in [2.75, 3.05) is 0 Å². The van der Waals surface area contributed by atoms with Crippen LogP contribution in [0.4, 0.5) is 0 Å². The lowest BCUT2D eigenvalue weighted by atomic mass is 9.97. The van der Waals surface area contributed by atoms with Gasteiger partial charge in [0, 0.05) is 40.1 Å². The molecule has 0 saturated heterocycles. The Morgan fingerprint density at radius 1 is 1.10 bits per heavy atom. The first-order valence-corrected chi connectivity index (χ1v) is 6.68. The summed E-state index contributed by atoms with van der Waals surface area (Å²) >= 11 is 6.18. The standard InChI is InChI=1S/C16H13ClN2O/c1-10-6-8-18-9-13(10)16(20)12-4-5-14(17)11-3-2-7-19-15(11)12/h2-9,16,20H,1H3. The van der Waals surface area contributed by atoms with E-state index < -0.39 is 6.10 Å². The van der Waals surface area contributed by atoms with Crippen LogP contribution < -0.4 is 0 Å². The quantitative estimate of drug-likeness (QED) is 0.781. The molecular weight excluding hydrogens is 272 g/mol. The zero-order valence-electron chi connectivity index (χ0n) is 10.9. The monoisotopic (exact) mass is 284 g/mol. The Labute approximate surface area is 121 Å². The molecule has 0 spiro atoms. The number of rotatable bonds is 2. The SMILES string of the molecule is Cc1ccncc1C(O)c1ccc(Cl)c2cccnc12. The molecule has 0 amide bonds. The molecule has 0 radical (unpaired) electrons. The Balaban J connectivity index is 2.20. The summed E-state index contributed by atoms with van der Waals surface area (Å²) in [6.07, 6.45) is 4.33. The molecule has 2 heterocycles. The van der Waals surface area contributed by atoms with Crippen molar-refractivity contribution in [3.05, 3.63) is 70.6 Å². The predicted octanol–water partition coefficient (Wildman–Crippen LogP) is 3.67. The molecule has 3 aromatic rings. The van der Waals surface area contributed by atoms with E-state index in [1.54, 1.807) is 24.7 Å². The van der Waals surface area contributed by atoms with Crippen LogP contribution in [0.25, 0.3) is 10.9 Å². The molecule has 0 fully saturated rings. The van der Waals surface area contributed by atoms with Crippen LogP contribution in [0.2, 0.25) is 5.02 Å². The van der Waals surface area contributed by atoms with Crippen LogP contribution in [0.1, 0.15) is 22.8 Å². The van der Waals surface area contributed by atoms with E-state index in [0.717, 1.165) is 27.6 Å². The van der Waals surface area contributed by atoms with Gasteiger partial charge in [-0.2, -0.15) is 0 Å². The van der Waals surface area contributed by atoms with Crippen molar-refractivity contribution in [2.24, 2.45) is 0 Å². The number of aliphatic hydroxyl groups excluding tert-OH is 1. The first kappa shape index (κ1) is 13.0. The third-order valence-corrected chi connectivity index (χ3v) is 3.75. The van der Waals surface area contributed by atoms with Crippen molar-refractivity contribution in [3.8, 4) is 0 Å². The summed E-state index contributed by atoms with van der Waals surface area (Å²) in [5.74, 6) is 0. The molecule has 3 rings (SSSR count). The van der Waals surface area contributed by atoms with Crippen LogP contribution in [0.5, 0.6) is 0 Å². The first-order chi connectivity index (χ1) is 9.68. The lowest BCUT2D eigenvalue weighted by molar-refractivity contribution is 0.220. The number of aryl methyl sites for hydroxylation is 1. The largest absolute Gasteiger partial charge is 0.384 e. The Bertz CT molecular complexity index is 773. The van der Waals surface area contributed by atoms with Gasteiger partial charge in [0.2, 0.25) is 0 Å². The maximum absolute atomic E-state index is 10.6. The minimum Gasteiger partial charge on any atom is -0.384 e. The van der Waals surface area contributed by atoms with Gasteiger partial charge in [0.05, 0.1) is 5.52 Å². The molecule has 3 nitrogen and oxygen atoms in total. The summed E-state index contributed by atoms with van der Waals surface area (Å²) in [6.45, 7) is 1.95. The molecule has 0 aliphatic carbocycles. The maximum atomic E-state index is 10.6. The van der Waals surface area contributed by atoms with Gasteiger partial charge in [-0.25, -0.2) is 0 Å². The first-order valence-electron chi connectivity index (χ1n) is 6.30. The molecular formula is C16H13ClN2O. The molecule has 1 atom stereocenters. The molecule has 4 heteroatoms. The molecule has 0 saturated carbocycles. The van der Waals surface area contributed by atoms with E-state index in [0.29, 0.717) is 5.02 Å². The van der Waals surface area contributed by atoms with E-state index in [2.05, 4.69) is 9.97 Å². The third kappa shape index (κ3) is 2.15. The molecule has 2 aromatic heterocycles. The van der Waals surface area contributed by atoms with E-state index in [1.165, 1.54) is 0 Å². The van der Waals surface area contributed by atoms with Gasteiger partial charge < -0.3 is 5.11 Å². The number of aliphatic hydroxyl groups is 1. The van der Waals surface area contributed by atoms with Crippen molar-refractivity contribution >= 4 is 22.5 Å². The van der Waals surface area contributed by atoms with Crippen molar-refractivity contribution in [1.29, 1.82) is 0 Å². The summed E-state index contributed by atoms with van der Waals surface area (Å²) in [4.78, 5) is 8.44. The van der Waals surface area contributed by atoms with Crippen LogP contribution in [-0.2, 0) is 0 Å². The highest BCUT2D eigenvalue weighted by Gasteiger charge is 2.17. The molecule has 1 unspecified atom stereocenters. The van der Waals surface area contributed by atoms with E-state index in [1.807, 2.05) is 31.2 Å². The van der Waals surface area contributed by atoms with E-state index >= 15 is 0 Å². The highest BCUT2D eigenvalue weighted by atomic mass is 35.5. The number of nitrogens with zero attached hydrogens (tertiary/aromatic N) is 2. The van der Waals surface area contributed by atoms with Gasteiger partial charge in [-0.15, -0.1) is 0 Å². The summed E-state index contributed by atoms with van der Waals surface area (Å²) < 4.78 is 0. The Kier molecular flexibility index (Phi) is 3.38. The van der Waals surface area contributed by atoms with E-state index in [-0.39, 0.29) is 0 Å². The summed E-state index contributed by atoms with van der Waals surface area (Å²) in [6, 6.07) is 9.21. The fourth-order valence-electron chi connectivity index (χ4n) is 2.31. The van der Waals surface area contributed by atoms with Crippen LogP contribution in [-0.4, -0.2) is 15.1 Å². The van der Waals surface area contributed by atoms with Crippen LogP contribution >= 0.6 is 11.6 Å². The van der Waals surface area contributed by atoms with Crippen molar-refractivity contribution < 1.29 is 5.11 Å². The lowest BCUT2D eigenvalue weighted by Gasteiger charge is -2.15. The van der Waals surface area contributed by atoms with Crippen LogP contribution in [0, 0.1) is 6.92 Å². The average Bonchev–Trinajstić information content (AvgIpc) is 2.48. The summed E-state index contributed by atoms with van der Waals surface area (Å²) in [7, 11) is 0. The number of hydrogen-bond acceptors (Lipinski definition) is 3. The second-order valence-corrected chi connectivity index (χ2v) is 5.08. The Morgan fingerprint density at radius 2 is 1.95 bits per heavy atom. The highest BCUT2D eigenvalue weighted by Crippen LogP contribution is 2.32. The van der Waals surface area contributed by atoms with E-state index in [4.69, 9.17) is 11.6 Å². The number of benzene rings is 1. The summed E-state index contributed by atoms with van der Waals surface area (Å²) in [5.41, 5.74) is 3.23. The van der Waals surface area contributed by atoms with Crippen molar-refractivity contribution in [3.63, 3.8) is 0 Å². The van der Waals surface area contributed by atoms with Crippen molar-refractivity contribution in [2.45, 2.75) is 13.0 Å². The minimum atomic E-state index is -0.765. The van der Waals surface area contributed by atoms with Gasteiger partial charge in [0.25, 0.3) is 0 Å². The van der Waals surface area contributed by atoms with Gasteiger partial charge in [-0.3, -0.25) is 9.97 Å².